The molecule has 1 atom stereocenters. The number of nitrogens with one attached hydrogen (secondary N) is 1. The molecule has 1 saturated carbocycles. The van der Waals surface area contributed by atoms with Gasteiger partial charge in [0.15, 0.2) is 0 Å². The van der Waals surface area contributed by atoms with Crippen LogP contribution in [0, 0.1) is 11.7 Å². The van der Waals surface area contributed by atoms with E-state index < -0.39 is 11.8 Å². The van der Waals surface area contributed by atoms with Crippen LogP contribution in [0.2, 0.25) is 10.0 Å². The third-order valence-corrected chi connectivity index (χ3v) is 4.79. The number of carbonyl (C=O) groups is 1. The predicted octanol–water partition coefficient (Wildman–Crippen LogP) is 4.43. The fraction of sp³-hybridized carbons (Fsp3) is 0.533. The van der Waals surface area contributed by atoms with Crippen LogP contribution in [0.3, 0.4) is 0 Å². The van der Waals surface area contributed by atoms with Crippen molar-refractivity contribution in [2.45, 2.75) is 44.7 Å². The molecule has 0 heterocycles. The molecule has 0 spiro atoms. The minimum atomic E-state index is -0.724. The van der Waals surface area contributed by atoms with Crippen LogP contribution in [0.25, 0.3) is 0 Å². The van der Waals surface area contributed by atoms with Crippen molar-refractivity contribution in [3.05, 3.63) is 33.6 Å². The maximum Gasteiger partial charge on any atom is 0.306 e. The van der Waals surface area contributed by atoms with Gasteiger partial charge in [0.1, 0.15) is 5.82 Å². The highest BCUT2D eigenvalue weighted by molar-refractivity contribution is 6.36. The Labute approximate surface area is 133 Å². The van der Waals surface area contributed by atoms with E-state index in [0.717, 1.165) is 12.8 Å². The smallest absolute Gasteiger partial charge is 0.306 e. The van der Waals surface area contributed by atoms with Crippen molar-refractivity contribution < 1.29 is 14.3 Å². The third kappa shape index (κ3) is 3.87. The second-order valence-electron chi connectivity index (χ2n) is 5.53. The minimum Gasteiger partial charge on any atom is -0.481 e. The van der Waals surface area contributed by atoms with Crippen molar-refractivity contribution >= 4 is 29.2 Å². The van der Waals surface area contributed by atoms with Crippen molar-refractivity contribution in [3.63, 3.8) is 0 Å². The van der Waals surface area contributed by atoms with E-state index in [2.05, 4.69) is 5.32 Å². The van der Waals surface area contributed by atoms with E-state index in [1.54, 1.807) is 0 Å². The summed E-state index contributed by atoms with van der Waals surface area (Å²) in [5, 5.41) is 12.8. The number of aliphatic carboxylic acids is 1. The molecule has 0 aromatic heterocycles. The lowest BCUT2D eigenvalue weighted by Gasteiger charge is -2.30. The monoisotopic (exact) mass is 333 g/mol. The molecule has 0 amide bonds. The van der Waals surface area contributed by atoms with Gasteiger partial charge in [-0.05, 0) is 44.7 Å². The molecular weight excluding hydrogens is 316 g/mol. The fourth-order valence-corrected chi connectivity index (χ4v) is 3.58. The molecule has 21 heavy (non-hydrogen) atoms. The average Bonchev–Trinajstić information content (AvgIpc) is 2.44. The zero-order chi connectivity index (χ0) is 15.6. The summed E-state index contributed by atoms with van der Waals surface area (Å²) in [7, 11) is 0. The topological polar surface area (TPSA) is 49.3 Å². The summed E-state index contributed by atoms with van der Waals surface area (Å²) in [6.07, 6.45) is 2.88. The summed E-state index contributed by atoms with van der Waals surface area (Å²) in [5.74, 6) is -1.46. The molecule has 1 unspecified atom stereocenters. The summed E-state index contributed by atoms with van der Waals surface area (Å²) in [6, 6.07) is 2.76. The van der Waals surface area contributed by atoms with E-state index in [9.17, 15) is 9.18 Å². The maximum atomic E-state index is 13.6. The van der Waals surface area contributed by atoms with Gasteiger partial charge in [0.2, 0.25) is 0 Å². The van der Waals surface area contributed by atoms with Crippen molar-refractivity contribution in [1.29, 1.82) is 0 Å². The zero-order valence-electron chi connectivity index (χ0n) is 11.7. The number of halogens is 3. The maximum absolute atomic E-state index is 13.6. The first kappa shape index (κ1) is 16.5. The highest BCUT2D eigenvalue weighted by Gasteiger charge is 2.27. The van der Waals surface area contributed by atoms with Crippen LogP contribution in [-0.4, -0.2) is 17.1 Å². The van der Waals surface area contributed by atoms with E-state index in [0.29, 0.717) is 23.4 Å². The number of hydrogen-bond donors (Lipinski definition) is 2. The molecule has 6 heteroatoms. The number of hydrogen-bond acceptors (Lipinski definition) is 2. The SMILES string of the molecule is CC(NC1CCC(C(=O)O)CC1)c1c(Cl)ccc(F)c1Cl. The van der Waals surface area contributed by atoms with Gasteiger partial charge in [-0.2, -0.15) is 0 Å². The Bertz CT molecular complexity index is 531. The first-order valence-corrected chi connectivity index (χ1v) is 7.78. The number of carboxylic acids is 1. The molecule has 0 aliphatic heterocycles. The van der Waals surface area contributed by atoms with Crippen LogP contribution in [0.1, 0.15) is 44.2 Å². The molecular formula is C15H18Cl2FNO2. The molecule has 3 nitrogen and oxygen atoms in total. The van der Waals surface area contributed by atoms with Gasteiger partial charge >= 0.3 is 5.97 Å². The average molecular weight is 334 g/mol. The van der Waals surface area contributed by atoms with Crippen molar-refractivity contribution in [3.8, 4) is 0 Å². The Morgan fingerprint density at radius 2 is 1.95 bits per heavy atom. The summed E-state index contributed by atoms with van der Waals surface area (Å²) in [6.45, 7) is 1.88. The first-order chi connectivity index (χ1) is 9.90. The lowest BCUT2D eigenvalue weighted by Crippen LogP contribution is -2.36. The second kappa shape index (κ2) is 6.95. The summed E-state index contributed by atoms with van der Waals surface area (Å²) >= 11 is 12.1. The van der Waals surface area contributed by atoms with Gasteiger partial charge in [-0.25, -0.2) is 4.39 Å². The Morgan fingerprint density at radius 1 is 1.33 bits per heavy atom. The number of benzene rings is 1. The predicted molar refractivity (Wildman–Crippen MR) is 81.4 cm³/mol. The van der Waals surface area contributed by atoms with Crippen LogP contribution in [0.5, 0.6) is 0 Å². The Hall–Kier alpha value is -0.840. The standard InChI is InChI=1S/C15H18Cl2FNO2/c1-8(13-11(16)6-7-12(18)14(13)17)19-10-4-2-9(3-5-10)15(20)21/h6-10,19H,2-5H2,1H3,(H,20,21). The number of rotatable bonds is 4. The molecule has 1 aliphatic rings. The molecule has 1 aliphatic carbocycles. The molecule has 0 radical (unpaired) electrons. The summed E-state index contributed by atoms with van der Waals surface area (Å²) in [5.41, 5.74) is 0.554. The van der Waals surface area contributed by atoms with Crippen LogP contribution >= 0.6 is 23.2 Å². The van der Waals surface area contributed by atoms with E-state index in [1.807, 2.05) is 6.92 Å². The van der Waals surface area contributed by atoms with Gasteiger partial charge < -0.3 is 10.4 Å². The molecule has 116 valence electrons. The molecule has 1 aromatic rings. The van der Waals surface area contributed by atoms with Gasteiger partial charge in [0, 0.05) is 22.7 Å². The van der Waals surface area contributed by atoms with Crippen molar-refractivity contribution in [2.75, 3.05) is 0 Å². The van der Waals surface area contributed by atoms with Crippen LogP contribution in [0.4, 0.5) is 4.39 Å². The van der Waals surface area contributed by atoms with Gasteiger partial charge in [-0.15, -0.1) is 0 Å². The molecule has 1 aromatic carbocycles. The van der Waals surface area contributed by atoms with E-state index >= 15 is 0 Å². The minimum absolute atomic E-state index is 0.0433. The van der Waals surface area contributed by atoms with Crippen molar-refractivity contribution in [2.24, 2.45) is 5.92 Å². The van der Waals surface area contributed by atoms with Gasteiger partial charge in [0.05, 0.1) is 10.9 Å². The number of carboxylic acid groups (broad SMARTS) is 1. The quantitative estimate of drug-likeness (QED) is 0.801. The van der Waals surface area contributed by atoms with Crippen molar-refractivity contribution in [1.82, 2.24) is 5.32 Å². The van der Waals surface area contributed by atoms with Gasteiger partial charge in [-0.3, -0.25) is 4.79 Å². The largest absolute Gasteiger partial charge is 0.481 e. The molecule has 2 rings (SSSR count). The molecule has 0 saturated heterocycles. The van der Waals surface area contributed by atoms with E-state index in [4.69, 9.17) is 28.3 Å². The molecule has 1 fully saturated rings. The normalized spacial score (nSPS) is 23.8. The highest BCUT2D eigenvalue weighted by atomic mass is 35.5. The Morgan fingerprint density at radius 3 is 2.52 bits per heavy atom. The second-order valence-corrected chi connectivity index (χ2v) is 6.32. The molecule has 2 N–H and O–H groups in total. The fourth-order valence-electron chi connectivity index (χ4n) is 2.88. The summed E-state index contributed by atoms with van der Waals surface area (Å²) < 4.78 is 13.6. The van der Waals surface area contributed by atoms with Crippen LogP contribution < -0.4 is 5.32 Å². The lowest BCUT2D eigenvalue weighted by molar-refractivity contribution is -0.142. The van der Waals surface area contributed by atoms with Gasteiger partial charge in [0.25, 0.3) is 0 Å². The van der Waals surface area contributed by atoms with Crippen LogP contribution in [0.15, 0.2) is 12.1 Å². The van der Waals surface area contributed by atoms with Crippen LogP contribution in [-0.2, 0) is 4.79 Å². The van der Waals surface area contributed by atoms with E-state index in [-0.39, 0.29) is 23.0 Å². The summed E-state index contributed by atoms with van der Waals surface area (Å²) in [4.78, 5) is 10.9. The Kier molecular flexibility index (Phi) is 5.47. The zero-order valence-corrected chi connectivity index (χ0v) is 13.2. The lowest BCUT2D eigenvalue weighted by atomic mass is 9.85. The molecule has 0 bridgehead atoms. The van der Waals surface area contributed by atoms with E-state index in [1.165, 1.54) is 12.1 Å². The highest BCUT2D eigenvalue weighted by Crippen LogP contribution is 2.34. The first-order valence-electron chi connectivity index (χ1n) is 7.02. The Balaban J connectivity index is 2.01. The van der Waals surface area contributed by atoms with Gasteiger partial charge in [-0.1, -0.05) is 23.2 Å². The third-order valence-electron chi connectivity index (χ3n) is 4.07.